The minimum atomic E-state index is -0.875. The zero-order valence-corrected chi connectivity index (χ0v) is 21.6. The van der Waals surface area contributed by atoms with Crippen LogP contribution >= 0.6 is 11.6 Å². The Hall–Kier alpha value is -4.63. The molecule has 1 heterocycles. The third-order valence-corrected chi connectivity index (χ3v) is 6.05. The third kappa shape index (κ3) is 5.84. The van der Waals surface area contributed by atoms with Gasteiger partial charge in [0.05, 0.1) is 12.8 Å². The van der Waals surface area contributed by atoms with E-state index in [1.165, 1.54) is 25.3 Å². The molecule has 1 fully saturated rings. The van der Waals surface area contributed by atoms with E-state index in [1.54, 1.807) is 30.3 Å². The van der Waals surface area contributed by atoms with Crippen LogP contribution in [0.5, 0.6) is 11.5 Å². The van der Waals surface area contributed by atoms with Gasteiger partial charge in [-0.25, -0.2) is 9.69 Å². The highest BCUT2D eigenvalue weighted by molar-refractivity contribution is 6.39. The van der Waals surface area contributed by atoms with Gasteiger partial charge in [0.2, 0.25) is 0 Å². The Morgan fingerprint density at radius 2 is 1.79 bits per heavy atom. The van der Waals surface area contributed by atoms with E-state index in [4.69, 9.17) is 21.1 Å². The average molecular weight is 534 g/mol. The number of carbonyl (C=O) groups excluding carboxylic acids is 4. The van der Waals surface area contributed by atoms with Crippen LogP contribution in [-0.2, 0) is 14.4 Å². The van der Waals surface area contributed by atoms with E-state index in [2.05, 4.69) is 10.6 Å². The standard InChI is InChI=1S/C28H24ClN3O6/c1-16-7-9-20(11-17(16)2)30-25(33)15-38-23-10-8-18(13-24(23)37-3)12-22-26(34)31-28(36)32(27(22)35)21-6-4-5-19(29)14-21/h4-14H,15H2,1-3H3,(H,30,33)(H,31,34,36)/b22-12+. The van der Waals surface area contributed by atoms with E-state index in [9.17, 15) is 19.2 Å². The molecule has 2 N–H and O–H groups in total. The number of barbiturate groups is 1. The second-order valence-corrected chi connectivity index (χ2v) is 8.92. The first-order valence-corrected chi connectivity index (χ1v) is 11.9. The highest BCUT2D eigenvalue weighted by Crippen LogP contribution is 2.30. The van der Waals surface area contributed by atoms with Gasteiger partial charge in [-0.2, -0.15) is 0 Å². The monoisotopic (exact) mass is 533 g/mol. The lowest BCUT2D eigenvalue weighted by Gasteiger charge is -2.26. The van der Waals surface area contributed by atoms with Crippen molar-refractivity contribution in [2.75, 3.05) is 23.9 Å². The Kier molecular flexibility index (Phi) is 7.78. The van der Waals surface area contributed by atoms with Crippen LogP contribution in [0.15, 0.2) is 66.2 Å². The summed E-state index contributed by atoms with van der Waals surface area (Å²) in [5.41, 5.74) is 3.24. The van der Waals surface area contributed by atoms with Gasteiger partial charge in [0.25, 0.3) is 17.7 Å². The average Bonchev–Trinajstić information content (AvgIpc) is 2.87. The molecule has 0 spiro atoms. The minimum Gasteiger partial charge on any atom is -0.493 e. The lowest BCUT2D eigenvalue weighted by molar-refractivity contribution is -0.122. The smallest absolute Gasteiger partial charge is 0.335 e. The summed E-state index contributed by atoms with van der Waals surface area (Å²) in [5.74, 6) is -1.41. The third-order valence-electron chi connectivity index (χ3n) is 5.82. The lowest BCUT2D eigenvalue weighted by atomic mass is 10.1. The Labute approximate surface area is 224 Å². The highest BCUT2D eigenvalue weighted by Gasteiger charge is 2.36. The number of rotatable bonds is 7. The van der Waals surface area contributed by atoms with E-state index >= 15 is 0 Å². The van der Waals surface area contributed by atoms with Crippen LogP contribution in [0, 0.1) is 13.8 Å². The van der Waals surface area contributed by atoms with Crippen molar-refractivity contribution in [2.45, 2.75) is 13.8 Å². The van der Waals surface area contributed by atoms with Gasteiger partial charge in [-0.05, 0) is 79.1 Å². The number of amides is 5. The van der Waals surface area contributed by atoms with Crippen molar-refractivity contribution in [3.8, 4) is 11.5 Å². The van der Waals surface area contributed by atoms with Gasteiger partial charge in [0.1, 0.15) is 5.57 Å². The van der Waals surface area contributed by atoms with Gasteiger partial charge in [-0.1, -0.05) is 29.8 Å². The molecule has 1 aliphatic heterocycles. The molecular weight excluding hydrogens is 510 g/mol. The van der Waals surface area contributed by atoms with Crippen molar-refractivity contribution in [3.05, 3.63) is 87.9 Å². The van der Waals surface area contributed by atoms with Gasteiger partial charge in [-0.3, -0.25) is 19.7 Å². The first-order chi connectivity index (χ1) is 18.2. The predicted molar refractivity (Wildman–Crippen MR) is 143 cm³/mol. The van der Waals surface area contributed by atoms with E-state index in [0.717, 1.165) is 16.0 Å². The molecule has 9 nitrogen and oxygen atoms in total. The number of benzene rings is 3. The van der Waals surface area contributed by atoms with Crippen LogP contribution in [-0.4, -0.2) is 37.5 Å². The lowest BCUT2D eigenvalue weighted by Crippen LogP contribution is -2.54. The zero-order chi connectivity index (χ0) is 27.4. The number of hydrogen-bond donors (Lipinski definition) is 2. The SMILES string of the molecule is COc1cc(/C=C2\C(=O)NC(=O)N(c3cccc(Cl)c3)C2=O)ccc1OCC(=O)Nc1ccc(C)c(C)c1. The molecule has 38 heavy (non-hydrogen) atoms. The molecule has 0 aromatic heterocycles. The van der Waals surface area contributed by atoms with Crippen LogP contribution in [0.25, 0.3) is 6.08 Å². The maximum atomic E-state index is 13.1. The maximum Gasteiger partial charge on any atom is 0.335 e. The molecule has 0 bridgehead atoms. The molecule has 0 radical (unpaired) electrons. The van der Waals surface area contributed by atoms with Crippen LogP contribution < -0.4 is 25.0 Å². The predicted octanol–water partition coefficient (Wildman–Crippen LogP) is 4.65. The van der Waals surface area contributed by atoms with Crippen LogP contribution in [0.1, 0.15) is 16.7 Å². The van der Waals surface area contributed by atoms with Gasteiger partial charge in [0.15, 0.2) is 18.1 Å². The van der Waals surface area contributed by atoms with Gasteiger partial charge in [-0.15, -0.1) is 0 Å². The number of halogens is 1. The molecule has 5 amide bonds. The van der Waals surface area contributed by atoms with Crippen molar-refractivity contribution in [1.82, 2.24) is 5.32 Å². The van der Waals surface area contributed by atoms with Crippen molar-refractivity contribution in [3.63, 3.8) is 0 Å². The fourth-order valence-corrected chi connectivity index (χ4v) is 3.91. The molecule has 10 heteroatoms. The molecule has 0 unspecified atom stereocenters. The van der Waals surface area contributed by atoms with E-state index in [-0.39, 0.29) is 29.5 Å². The van der Waals surface area contributed by atoms with Gasteiger partial charge in [0, 0.05) is 10.7 Å². The van der Waals surface area contributed by atoms with Crippen LogP contribution in [0.4, 0.5) is 16.2 Å². The van der Waals surface area contributed by atoms with Gasteiger partial charge < -0.3 is 14.8 Å². The van der Waals surface area contributed by atoms with Crippen molar-refractivity contribution < 1.29 is 28.7 Å². The number of aryl methyl sites for hydroxylation is 2. The van der Waals surface area contributed by atoms with Crippen molar-refractivity contribution in [2.24, 2.45) is 0 Å². The summed E-state index contributed by atoms with van der Waals surface area (Å²) in [6.07, 6.45) is 1.33. The normalized spacial score (nSPS) is 14.4. The van der Waals surface area contributed by atoms with Gasteiger partial charge >= 0.3 is 6.03 Å². The Morgan fingerprint density at radius 1 is 1.00 bits per heavy atom. The Balaban J connectivity index is 1.50. The summed E-state index contributed by atoms with van der Waals surface area (Å²) < 4.78 is 11.0. The number of nitrogens with one attached hydrogen (secondary N) is 2. The second kappa shape index (κ2) is 11.2. The molecule has 3 aromatic carbocycles. The van der Waals surface area contributed by atoms with E-state index in [0.29, 0.717) is 22.0 Å². The van der Waals surface area contributed by atoms with Crippen LogP contribution in [0.2, 0.25) is 5.02 Å². The van der Waals surface area contributed by atoms with E-state index in [1.807, 2.05) is 32.0 Å². The number of ether oxygens (including phenoxy) is 2. The number of hydrogen-bond acceptors (Lipinski definition) is 6. The largest absolute Gasteiger partial charge is 0.493 e. The molecule has 1 saturated heterocycles. The zero-order valence-electron chi connectivity index (χ0n) is 20.8. The molecule has 0 saturated carbocycles. The van der Waals surface area contributed by atoms with Crippen molar-refractivity contribution >= 4 is 52.8 Å². The summed E-state index contributed by atoms with van der Waals surface area (Å²) in [4.78, 5) is 51.1. The summed E-state index contributed by atoms with van der Waals surface area (Å²) in [6.45, 7) is 3.68. The van der Waals surface area contributed by atoms with Crippen molar-refractivity contribution in [1.29, 1.82) is 0 Å². The minimum absolute atomic E-state index is 0.221. The molecule has 1 aliphatic rings. The summed E-state index contributed by atoms with van der Waals surface area (Å²) in [7, 11) is 1.42. The molecule has 0 atom stereocenters. The second-order valence-electron chi connectivity index (χ2n) is 8.48. The number of urea groups is 1. The highest BCUT2D eigenvalue weighted by atomic mass is 35.5. The fraction of sp³-hybridized carbons (Fsp3) is 0.143. The summed E-state index contributed by atoms with van der Waals surface area (Å²) >= 11 is 6.00. The molecule has 3 aromatic rings. The molecule has 194 valence electrons. The molecule has 0 aliphatic carbocycles. The Bertz CT molecular complexity index is 1480. The van der Waals surface area contributed by atoms with E-state index < -0.39 is 17.8 Å². The molecule has 4 rings (SSSR count). The van der Waals surface area contributed by atoms with Crippen LogP contribution in [0.3, 0.4) is 0 Å². The first-order valence-electron chi connectivity index (χ1n) is 11.5. The maximum absolute atomic E-state index is 13.1. The number of carbonyl (C=O) groups is 4. The topological polar surface area (TPSA) is 114 Å². The molecular formula is C28H24ClN3O6. The fourth-order valence-electron chi connectivity index (χ4n) is 3.73. The number of imide groups is 2. The number of nitrogens with zero attached hydrogens (tertiary/aromatic N) is 1. The Morgan fingerprint density at radius 3 is 2.50 bits per heavy atom. The number of anilines is 2. The summed E-state index contributed by atoms with van der Waals surface area (Å²) in [6, 6.07) is 15.6. The quantitative estimate of drug-likeness (QED) is 0.337. The summed E-state index contributed by atoms with van der Waals surface area (Å²) in [5, 5.41) is 5.27. The first kappa shape index (κ1) is 26.4. The number of methoxy groups -OCH3 is 1.